The molecule has 2 aromatic carbocycles. The van der Waals surface area contributed by atoms with Crippen LogP contribution in [0, 0.1) is 6.92 Å². The van der Waals surface area contributed by atoms with Crippen LogP contribution < -0.4 is 15.9 Å². The first kappa shape index (κ1) is 17.5. The third-order valence-corrected chi connectivity index (χ3v) is 4.31. The molecule has 0 aliphatic carbocycles. The van der Waals surface area contributed by atoms with Gasteiger partial charge in [-0.2, -0.15) is 0 Å². The van der Waals surface area contributed by atoms with Gasteiger partial charge in [-0.25, -0.2) is 0 Å². The van der Waals surface area contributed by atoms with Crippen LogP contribution >= 0.6 is 0 Å². The van der Waals surface area contributed by atoms with Crippen molar-refractivity contribution in [3.63, 3.8) is 0 Å². The van der Waals surface area contributed by atoms with E-state index in [2.05, 4.69) is 0 Å². The molecule has 0 saturated heterocycles. The molecule has 0 unspecified atom stereocenters. The van der Waals surface area contributed by atoms with Gasteiger partial charge in [0.25, 0.3) is 0 Å². The predicted molar refractivity (Wildman–Crippen MR) is 97.5 cm³/mol. The van der Waals surface area contributed by atoms with Crippen molar-refractivity contribution < 1.29 is 19.1 Å². The van der Waals surface area contributed by atoms with E-state index in [9.17, 15) is 14.7 Å². The molecule has 0 radical (unpaired) electrons. The second-order valence-corrected chi connectivity index (χ2v) is 6.06. The summed E-state index contributed by atoms with van der Waals surface area (Å²) in [4.78, 5) is 23.7. The molecule has 0 aliphatic rings. The van der Waals surface area contributed by atoms with Gasteiger partial charge in [0.2, 0.25) is 17.1 Å². The molecule has 0 aliphatic heterocycles. The highest BCUT2D eigenvalue weighted by Gasteiger charge is 2.26. The number of ether oxygens (including phenoxy) is 1. The van der Waals surface area contributed by atoms with Gasteiger partial charge in [-0.1, -0.05) is 30.3 Å². The van der Waals surface area contributed by atoms with Crippen LogP contribution in [0.3, 0.4) is 0 Å². The molecule has 6 heteroatoms. The number of amides is 1. The molecule has 3 aromatic rings. The minimum Gasteiger partial charge on any atom is -0.502 e. The summed E-state index contributed by atoms with van der Waals surface area (Å²) in [5.74, 6) is -0.729. The lowest BCUT2D eigenvalue weighted by Crippen LogP contribution is -2.18. The number of hydrogen-bond donors (Lipinski definition) is 2. The topological polar surface area (TPSA) is 103 Å². The van der Waals surface area contributed by atoms with E-state index in [1.165, 1.54) is 6.07 Å². The Morgan fingerprint density at radius 1 is 1.23 bits per heavy atom. The van der Waals surface area contributed by atoms with Crippen molar-refractivity contribution in [2.45, 2.75) is 19.3 Å². The van der Waals surface area contributed by atoms with Crippen molar-refractivity contribution in [3.05, 3.63) is 69.8 Å². The number of hydrogen-bond acceptors (Lipinski definition) is 5. The van der Waals surface area contributed by atoms with E-state index in [-0.39, 0.29) is 12.2 Å². The van der Waals surface area contributed by atoms with Crippen molar-refractivity contribution in [2.24, 2.45) is 5.73 Å². The number of aromatic hydroxyl groups is 1. The van der Waals surface area contributed by atoms with Crippen molar-refractivity contribution in [3.8, 4) is 11.5 Å². The van der Waals surface area contributed by atoms with E-state index in [0.717, 1.165) is 10.8 Å². The van der Waals surface area contributed by atoms with E-state index in [1.807, 2.05) is 24.3 Å². The zero-order valence-electron chi connectivity index (χ0n) is 14.5. The number of carbonyl (C=O) groups is 1. The molecule has 6 nitrogen and oxygen atoms in total. The quantitative estimate of drug-likeness (QED) is 0.734. The fourth-order valence-corrected chi connectivity index (χ4v) is 3.18. The lowest BCUT2D eigenvalue weighted by atomic mass is 9.88. The molecule has 0 fully saturated rings. The minimum absolute atomic E-state index is 0.0316. The standard InChI is InChI=1S/C20H19NO5/c1-11-9-16(22)19(24)20(26-11)15(10-18(21)23)13-7-8-17(25-2)14-6-4-3-5-12(13)14/h3-9,15,24H,10H2,1-2H3,(H2,21,23)/t15-/m0/s1. The van der Waals surface area contributed by atoms with Gasteiger partial charge in [-0.15, -0.1) is 0 Å². The van der Waals surface area contributed by atoms with E-state index < -0.39 is 23.0 Å². The highest BCUT2D eigenvalue weighted by Crippen LogP contribution is 2.39. The van der Waals surface area contributed by atoms with Crippen molar-refractivity contribution in [1.82, 2.24) is 0 Å². The fourth-order valence-electron chi connectivity index (χ4n) is 3.18. The number of primary amides is 1. The van der Waals surface area contributed by atoms with Crippen molar-refractivity contribution >= 4 is 16.7 Å². The number of fused-ring (bicyclic) bond motifs is 1. The van der Waals surface area contributed by atoms with Gasteiger partial charge >= 0.3 is 0 Å². The molecular formula is C20H19NO5. The molecular weight excluding hydrogens is 334 g/mol. The fraction of sp³-hybridized carbons (Fsp3) is 0.200. The summed E-state index contributed by atoms with van der Waals surface area (Å²) in [5.41, 5.74) is 5.58. The van der Waals surface area contributed by atoms with E-state index in [1.54, 1.807) is 26.2 Å². The monoisotopic (exact) mass is 353 g/mol. The molecule has 0 saturated carbocycles. The van der Waals surface area contributed by atoms with Gasteiger partial charge in [0, 0.05) is 17.9 Å². The van der Waals surface area contributed by atoms with E-state index >= 15 is 0 Å². The first-order valence-corrected chi connectivity index (χ1v) is 8.10. The Hall–Kier alpha value is -3.28. The number of carbonyl (C=O) groups excluding carboxylic acids is 1. The van der Waals surface area contributed by atoms with Gasteiger partial charge < -0.3 is 20.0 Å². The van der Waals surface area contributed by atoms with Crippen LogP contribution in [-0.2, 0) is 4.79 Å². The molecule has 1 atom stereocenters. The normalized spacial score (nSPS) is 12.1. The summed E-state index contributed by atoms with van der Waals surface area (Å²) >= 11 is 0. The zero-order valence-corrected chi connectivity index (χ0v) is 14.5. The summed E-state index contributed by atoms with van der Waals surface area (Å²) in [6.45, 7) is 1.61. The number of nitrogens with two attached hydrogens (primary N) is 1. The van der Waals surface area contributed by atoms with E-state index in [0.29, 0.717) is 17.1 Å². The molecule has 134 valence electrons. The SMILES string of the molecule is COc1ccc([C@H](CC(N)=O)c2oc(C)cc(=O)c2O)c2ccccc12. The first-order chi connectivity index (χ1) is 12.4. The number of methoxy groups -OCH3 is 1. The summed E-state index contributed by atoms with van der Waals surface area (Å²) < 4.78 is 11.0. The number of aryl methyl sites for hydroxylation is 1. The number of rotatable bonds is 5. The summed E-state index contributed by atoms with van der Waals surface area (Å²) in [6, 6.07) is 12.3. The smallest absolute Gasteiger partial charge is 0.227 e. The Bertz CT molecular complexity index is 1040. The molecule has 0 spiro atoms. The van der Waals surface area contributed by atoms with Crippen LogP contribution in [0.5, 0.6) is 11.5 Å². The van der Waals surface area contributed by atoms with Gasteiger partial charge in [-0.3, -0.25) is 9.59 Å². The second-order valence-electron chi connectivity index (χ2n) is 6.06. The highest BCUT2D eigenvalue weighted by molar-refractivity contribution is 5.92. The lowest BCUT2D eigenvalue weighted by Gasteiger charge is -2.19. The van der Waals surface area contributed by atoms with Crippen LogP contribution in [0.2, 0.25) is 0 Å². The molecule has 1 aromatic heterocycles. The Balaban J connectivity index is 2.30. The Labute approximate surface area is 149 Å². The van der Waals surface area contributed by atoms with Gasteiger partial charge in [0.05, 0.1) is 13.0 Å². The highest BCUT2D eigenvalue weighted by atomic mass is 16.5. The van der Waals surface area contributed by atoms with E-state index in [4.69, 9.17) is 14.9 Å². The predicted octanol–water partition coefficient (Wildman–Crippen LogP) is 2.82. The van der Waals surface area contributed by atoms with Gasteiger partial charge in [0.15, 0.2) is 5.76 Å². The van der Waals surface area contributed by atoms with Crippen LogP contribution in [0.1, 0.15) is 29.4 Å². The third kappa shape index (κ3) is 3.13. The zero-order chi connectivity index (χ0) is 18.8. The Morgan fingerprint density at radius 3 is 2.58 bits per heavy atom. The summed E-state index contributed by atoms with van der Waals surface area (Å²) in [5, 5.41) is 11.9. The lowest BCUT2D eigenvalue weighted by molar-refractivity contribution is -0.118. The number of benzene rings is 2. The van der Waals surface area contributed by atoms with Gasteiger partial charge in [-0.05, 0) is 23.9 Å². The van der Waals surface area contributed by atoms with Crippen LogP contribution in [0.25, 0.3) is 10.8 Å². The van der Waals surface area contributed by atoms with Crippen LogP contribution in [0.15, 0.2) is 51.7 Å². The van der Waals surface area contributed by atoms with Gasteiger partial charge in [0.1, 0.15) is 11.5 Å². The first-order valence-electron chi connectivity index (χ1n) is 8.10. The molecule has 3 N–H and O–H groups in total. The maximum Gasteiger partial charge on any atom is 0.227 e. The molecule has 1 amide bonds. The van der Waals surface area contributed by atoms with Crippen LogP contribution in [0.4, 0.5) is 0 Å². The van der Waals surface area contributed by atoms with Crippen molar-refractivity contribution in [1.29, 1.82) is 0 Å². The maximum absolute atomic E-state index is 12.0. The average Bonchev–Trinajstić information content (AvgIpc) is 2.62. The third-order valence-electron chi connectivity index (χ3n) is 4.31. The second kappa shape index (κ2) is 6.92. The average molecular weight is 353 g/mol. The molecule has 26 heavy (non-hydrogen) atoms. The molecule has 3 rings (SSSR count). The molecule has 1 heterocycles. The summed E-state index contributed by atoms with van der Waals surface area (Å²) in [6.07, 6.45) is -0.115. The summed E-state index contributed by atoms with van der Waals surface area (Å²) in [7, 11) is 1.58. The van der Waals surface area contributed by atoms with Crippen molar-refractivity contribution in [2.75, 3.05) is 7.11 Å². The largest absolute Gasteiger partial charge is 0.502 e. The van der Waals surface area contributed by atoms with Crippen LogP contribution in [-0.4, -0.2) is 18.1 Å². The Morgan fingerprint density at radius 2 is 1.92 bits per heavy atom. The molecule has 0 bridgehead atoms. The maximum atomic E-state index is 12.0. The Kier molecular flexibility index (Phi) is 4.67. The minimum atomic E-state index is -0.698.